The number of methoxy groups -OCH3 is 1. The zero-order chi connectivity index (χ0) is 22.7. The third-order valence-electron chi connectivity index (χ3n) is 4.94. The maximum Gasteiger partial charge on any atom is 0.273 e. The van der Waals surface area contributed by atoms with Gasteiger partial charge in [0.2, 0.25) is 5.91 Å². The number of amides is 2. The van der Waals surface area contributed by atoms with Crippen molar-refractivity contribution >= 4 is 50.8 Å². The smallest absolute Gasteiger partial charge is 0.273 e. The second-order valence-electron chi connectivity index (χ2n) is 7.25. The van der Waals surface area contributed by atoms with Crippen LogP contribution < -0.4 is 21.2 Å². The molecule has 1 aromatic heterocycles. The first-order valence-corrected chi connectivity index (χ1v) is 9.93. The van der Waals surface area contributed by atoms with Crippen molar-refractivity contribution in [1.82, 2.24) is 5.43 Å². The van der Waals surface area contributed by atoms with Crippen LogP contribution in [0.3, 0.4) is 0 Å². The average molecular weight is 430 g/mol. The van der Waals surface area contributed by atoms with Gasteiger partial charge in [0.1, 0.15) is 16.9 Å². The Morgan fingerprint density at radius 3 is 2.56 bits per heavy atom. The molecule has 32 heavy (non-hydrogen) atoms. The lowest BCUT2D eigenvalue weighted by molar-refractivity contribution is -0.115. The van der Waals surface area contributed by atoms with E-state index in [2.05, 4.69) is 15.8 Å². The summed E-state index contributed by atoms with van der Waals surface area (Å²) < 4.78 is 11.3. The number of carbonyl (C=O) groups excluding carboxylic acids is 2. The number of furan rings is 1. The van der Waals surface area contributed by atoms with E-state index in [1.54, 1.807) is 37.3 Å². The number of carbonyl (C=O) groups is 2. The third-order valence-corrected chi connectivity index (χ3v) is 4.94. The normalized spacial score (nSPS) is 11.5. The van der Waals surface area contributed by atoms with Crippen LogP contribution in [0.2, 0.25) is 0 Å². The molecular formula is C24H22N4O4. The topological polar surface area (TPSA) is 119 Å². The standard InChI is InChI=1S/C24H22N4O4/c1-14(27-28-24(30)16-8-3-5-9-18(16)25)11-23(29)26-19-13-21-17(12-22(19)31-2)15-7-4-6-10-20(15)32-21/h3-10,12-13H,11,25H2,1-2H3,(H,26,29)(H,28,30)/b27-14+. The van der Waals surface area contributed by atoms with E-state index in [0.717, 1.165) is 16.4 Å². The number of nitrogens with one attached hydrogen (secondary N) is 2. The molecule has 0 saturated heterocycles. The number of benzene rings is 3. The molecule has 4 N–H and O–H groups in total. The van der Waals surface area contributed by atoms with Crippen molar-refractivity contribution < 1.29 is 18.7 Å². The molecule has 8 nitrogen and oxygen atoms in total. The maximum absolute atomic E-state index is 12.6. The van der Waals surface area contributed by atoms with Gasteiger partial charge in [0.15, 0.2) is 0 Å². The van der Waals surface area contributed by atoms with Crippen molar-refractivity contribution in [3.05, 3.63) is 66.2 Å². The van der Waals surface area contributed by atoms with Gasteiger partial charge < -0.3 is 20.2 Å². The number of hydrogen-bond donors (Lipinski definition) is 3. The fraction of sp³-hybridized carbons (Fsp3) is 0.125. The molecule has 8 heteroatoms. The summed E-state index contributed by atoms with van der Waals surface area (Å²) in [4.78, 5) is 24.8. The molecule has 0 saturated carbocycles. The molecule has 0 radical (unpaired) electrons. The van der Waals surface area contributed by atoms with Crippen molar-refractivity contribution in [3.63, 3.8) is 0 Å². The van der Waals surface area contributed by atoms with Crippen LogP contribution in [0.1, 0.15) is 23.7 Å². The van der Waals surface area contributed by atoms with Crippen LogP contribution in [-0.2, 0) is 4.79 Å². The van der Waals surface area contributed by atoms with Crippen LogP contribution in [0.5, 0.6) is 5.75 Å². The number of hydrogen-bond acceptors (Lipinski definition) is 6. The van der Waals surface area contributed by atoms with Crippen LogP contribution in [0.15, 0.2) is 70.2 Å². The van der Waals surface area contributed by atoms with Crippen molar-refractivity contribution in [1.29, 1.82) is 0 Å². The highest BCUT2D eigenvalue weighted by atomic mass is 16.5. The van der Waals surface area contributed by atoms with Gasteiger partial charge in [0, 0.05) is 28.2 Å². The Hall–Kier alpha value is -4.33. The molecule has 0 unspecified atom stereocenters. The summed E-state index contributed by atoms with van der Waals surface area (Å²) in [5.74, 6) is -0.242. The van der Waals surface area contributed by atoms with Gasteiger partial charge >= 0.3 is 0 Å². The zero-order valence-electron chi connectivity index (χ0n) is 17.6. The number of ether oxygens (including phenoxy) is 1. The predicted molar refractivity (Wildman–Crippen MR) is 125 cm³/mol. The number of para-hydroxylation sites is 2. The third kappa shape index (κ3) is 4.24. The lowest BCUT2D eigenvalue weighted by Crippen LogP contribution is -2.22. The SMILES string of the molecule is COc1cc2c(cc1NC(=O)C/C(C)=N/NC(=O)c1ccccc1N)oc1ccccc12. The highest BCUT2D eigenvalue weighted by Crippen LogP contribution is 2.36. The lowest BCUT2D eigenvalue weighted by Gasteiger charge is -2.10. The molecule has 0 aliphatic rings. The van der Waals surface area contributed by atoms with E-state index in [1.165, 1.54) is 7.11 Å². The number of fused-ring (bicyclic) bond motifs is 3. The minimum absolute atomic E-state index is 0.0220. The first-order valence-electron chi connectivity index (χ1n) is 9.93. The maximum atomic E-state index is 12.6. The molecule has 0 spiro atoms. The van der Waals surface area contributed by atoms with Gasteiger partial charge in [-0.2, -0.15) is 5.10 Å². The monoisotopic (exact) mass is 430 g/mol. The van der Waals surface area contributed by atoms with Crippen LogP contribution in [0.25, 0.3) is 21.9 Å². The number of rotatable bonds is 6. The number of nitrogens with two attached hydrogens (primary N) is 1. The highest BCUT2D eigenvalue weighted by Gasteiger charge is 2.15. The van der Waals surface area contributed by atoms with E-state index >= 15 is 0 Å². The molecule has 1 heterocycles. The quantitative estimate of drug-likeness (QED) is 0.239. The zero-order valence-corrected chi connectivity index (χ0v) is 17.6. The summed E-state index contributed by atoms with van der Waals surface area (Å²) in [7, 11) is 1.54. The van der Waals surface area contributed by atoms with Crippen molar-refractivity contribution in [3.8, 4) is 5.75 Å². The first-order chi connectivity index (χ1) is 15.5. The Labute approximate surface area is 184 Å². The van der Waals surface area contributed by atoms with Crippen molar-refractivity contribution in [2.24, 2.45) is 5.10 Å². The van der Waals surface area contributed by atoms with Gasteiger partial charge in [-0.1, -0.05) is 30.3 Å². The molecule has 162 valence electrons. The van der Waals surface area contributed by atoms with Gasteiger partial charge in [0.05, 0.1) is 24.8 Å². The average Bonchev–Trinajstić information content (AvgIpc) is 3.14. The summed E-state index contributed by atoms with van der Waals surface area (Å²) in [6, 6.07) is 17.9. The van der Waals surface area contributed by atoms with E-state index in [-0.39, 0.29) is 12.3 Å². The van der Waals surface area contributed by atoms with Crippen LogP contribution in [-0.4, -0.2) is 24.6 Å². The minimum Gasteiger partial charge on any atom is -0.495 e. The van der Waals surface area contributed by atoms with Crippen LogP contribution in [0, 0.1) is 0 Å². The molecular weight excluding hydrogens is 408 g/mol. The number of nitrogen functional groups attached to an aromatic ring is 1. The minimum atomic E-state index is -0.445. The fourth-order valence-corrected chi connectivity index (χ4v) is 3.39. The number of nitrogens with zero attached hydrogens (tertiary/aromatic N) is 1. The number of anilines is 2. The molecule has 0 aliphatic heterocycles. The van der Waals surface area contributed by atoms with E-state index < -0.39 is 5.91 Å². The predicted octanol–water partition coefficient (Wildman–Crippen LogP) is 4.31. The first kappa shape index (κ1) is 20.9. The van der Waals surface area contributed by atoms with E-state index in [4.69, 9.17) is 14.9 Å². The Morgan fingerprint density at radius 1 is 1.03 bits per heavy atom. The Kier molecular flexibility index (Phi) is 5.76. The van der Waals surface area contributed by atoms with Crippen LogP contribution >= 0.6 is 0 Å². The van der Waals surface area contributed by atoms with Gasteiger partial charge in [-0.3, -0.25) is 9.59 Å². The summed E-state index contributed by atoms with van der Waals surface area (Å²) in [6.07, 6.45) is -0.0220. The molecule has 0 bridgehead atoms. The Morgan fingerprint density at radius 2 is 1.78 bits per heavy atom. The van der Waals surface area contributed by atoms with Gasteiger partial charge in [-0.05, 0) is 31.2 Å². The van der Waals surface area contributed by atoms with Gasteiger partial charge in [0.25, 0.3) is 5.91 Å². The molecule has 2 amide bonds. The molecule has 4 aromatic rings. The number of hydrazone groups is 1. The fourth-order valence-electron chi connectivity index (χ4n) is 3.39. The van der Waals surface area contributed by atoms with Crippen molar-refractivity contribution in [2.45, 2.75) is 13.3 Å². The Balaban J connectivity index is 1.47. The van der Waals surface area contributed by atoms with Gasteiger partial charge in [-0.25, -0.2) is 5.43 Å². The van der Waals surface area contributed by atoms with Crippen LogP contribution in [0.4, 0.5) is 11.4 Å². The molecule has 0 fully saturated rings. The van der Waals surface area contributed by atoms with E-state index in [9.17, 15) is 9.59 Å². The second kappa shape index (κ2) is 8.81. The van der Waals surface area contributed by atoms with E-state index in [0.29, 0.717) is 34.0 Å². The van der Waals surface area contributed by atoms with E-state index in [1.807, 2.05) is 30.3 Å². The largest absolute Gasteiger partial charge is 0.495 e. The lowest BCUT2D eigenvalue weighted by atomic mass is 10.1. The summed E-state index contributed by atoms with van der Waals surface area (Å²) >= 11 is 0. The summed E-state index contributed by atoms with van der Waals surface area (Å²) in [5.41, 5.74) is 11.2. The highest BCUT2D eigenvalue weighted by molar-refractivity contribution is 6.10. The molecule has 4 rings (SSSR count). The second-order valence-corrected chi connectivity index (χ2v) is 7.25. The molecule has 0 aliphatic carbocycles. The van der Waals surface area contributed by atoms with Gasteiger partial charge in [-0.15, -0.1) is 0 Å². The Bertz CT molecular complexity index is 1360. The summed E-state index contributed by atoms with van der Waals surface area (Å²) in [6.45, 7) is 1.65. The summed E-state index contributed by atoms with van der Waals surface area (Å²) in [5, 5.41) is 8.68. The molecule has 3 aromatic carbocycles. The van der Waals surface area contributed by atoms with Crippen molar-refractivity contribution in [2.75, 3.05) is 18.2 Å². The molecule has 0 atom stereocenters.